The van der Waals surface area contributed by atoms with Crippen LogP contribution in [0.25, 0.3) is 0 Å². The summed E-state index contributed by atoms with van der Waals surface area (Å²) in [6.45, 7) is 8.61. The van der Waals surface area contributed by atoms with Crippen molar-refractivity contribution in [3.8, 4) is 0 Å². The van der Waals surface area contributed by atoms with Gasteiger partial charge in [-0.25, -0.2) is 0 Å². The van der Waals surface area contributed by atoms with Crippen molar-refractivity contribution >= 4 is 28.5 Å². The van der Waals surface area contributed by atoms with Gasteiger partial charge in [-0.15, -0.1) is 0 Å². The molecule has 0 heterocycles. The molecule has 0 fully saturated rings. The van der Waals surface area contributed by atoms with Gasteiger partial charge in [-0.05, 0) is 64.3 Å². The Morgan fingerprint density at radius 2 is 1.73 bits per heavy atom. The second-order valence-corrected chi connectivity index (χ2v) is 7.82. The SMILES string of the molecule is CC(NC(=O)c1cccc(I)c1)c1ccc(C(C)(C)C)cc1. The van der Waals surface area contributed by atoms with Gasteiger partial charge in [0.25, 0.3) is 5.91 Å². The van der Waals surface area contributed by atoms with Crippen molar-refractivity contribution in [1.29, 1.82) is 0 Å². The van der Waals surface area contributed by atoms with E-state index in [1.165, 1.54) is 5.56 Å². The number of halogens is 1. The van der Waals surface area contributed by atoms with Crippen LogP contribution in [0.1, 0.15) is 55.2 Å². The largest absolute Gasteiger partial charge is 0.346 e. The molecule has 1 amide bonds. The van der Waals surface area contributed by atoms with Crippen molar-refractivity contribution in [2.24, 2.45) is 0 Å². The average Bonchev–Trinajstić information content (AvgIpc) is 2.46. The highest BCUT2D eigenvalue weighted by Crippen LogP contribution is 2.24. The molecule has 2 aromatic carbocycles. The summed E-state index contributed by atoms with van der Waals surface area (Å²) < 4.78 is 1.06. The average molecular weight is 407 g/mol. The van der Waals surface area contributed by atoms with Crippen LogP contribution in [-0.2, 0) is 5.41 Å². The standard InChI is InChI=1S/C19H22INO/c1-13(14-8-10-16(11-9-14)19(2,3)4)21-18(22)15-6-5-7-17(20)12-15/h5-13H,1-4H3,(H,21,22). The van der Waals surface area contributed by atoms with Crippen LogP contribution < -0.4 is 5.32 Å². The Morgan fingerprint density at radius 3 is 2.27 bits per heavy atom. The van der Waals surface area contributed by atoms with E-state index in [0.29, 0.717) is 5.56 Å². The molecule has 0 saturated carbocycles. The lowest BCUT2D eigenvalue weighted by Gasteiger charge is -2.20. The third-order valence-corrected chi connectivity index (χ3v) is 4.38. The minimum absolute atomic E-state index is 0.0145. The fourth-order valence-corrected chi connectivity index (χ4v) is 2.81. The first kappa shape index (κ1) is 17.0. The van der Waals surface area contributed by atoms with Gasteiger partial charge in [-0.1, -0.05) is 51.1 Å². The number of amides is 1. The molecule has 116 valence electrons. The monoisotopic (exact) mass is 407 g/mol. The van der Waals surface area contributed by atoms with Gasteiger partial charge in [0.05, 0.1) is 6.04 Å². The molecule has 0 spiro atoms. The van der Waals surface area contributed by atoms with Gasteiger partial charge in [0.1, 0.15) is 0 Å². The molecule has 0 saturated heterocycles. The molecule has 0 aliphatic heterocycles. The molecule has 1 N–H and O–H groups in total. The smallest absolute Gasteiger partial charge is 0.251 e. The summed E-state index contributed by atoms with van der Waals surface area (Å²) in [5.74, 6) is -0.0362. The first-order valence-electron chi connectivity index (χ1n) is 7.44. The predicted molar refractivity (Wildman–Crippen MR) is 100 cm³/mol. The Balaban J connectivity index is 2.09. The lowest BCUT2D eigenvalue weighted by Crippen LogP contribution is -2.26. The summed E-state index contributed by atoms with van der Waals surface area (Å²) in [6.07, 6.45) is 0. The minimum atomic E-state index is -0.0362. The molecular formula is C19H22INO. The summed E-state index contributed by atoms with van der Waals surface area (Å²) in [5, 5.41) is 3.06. The molecule has 0 aromatic heterocycles. The van der Waals surface area contributed by atoms with E-state index in [2.05, 4.69) is 72.9 Å². The maximum absolute atomic E-state index is 12.3. The highest BCUT2D eigenvalue weighted by Gasteiger charge is 2.15. The normalized spacial score (nSPS) is 12.8. The van der Waals surface area contributed by atoms with Gasteiger partial charge < -0.3 is 5.32 Å². The molecule has 0 aliphatic carbocycles. The molecule has 2 rings (SSSR count). The van der Waals surface area contributed by atoms with Gasteiger partial charge >= 0.3 is 0 Å². The van der Waals surface area contributed by atoms with Crippen LogP contribution in [0.15, 0.2) is 48.5 Å². The topological polar surface area (TPSA) is 29.1 Å². The van der Waals surface area contributed by atoms with E-state index < -0.39 is 0 Å². The van der Waals surface area contributed by atoms with E-state index in [0.717, 1.165) is 9.13 Å². The van der Waals surface area contributed by atoms with Crippen LogP contribution >= 0.6 is 22.6 Å². The van der Waals surface area contributed by atoms with Crippen molar-refractivity contribution in [3.05, 3.63) is 68.8 Å². The van der Waals surface area contributed by atoms with Gasteiger partial charge in [0, 0.05) is 9.13 Å². The Bertz CT molecular complexity index is 656. The lowest BCUT2D eigenvalue weighted by molar-refractivity contribution is 0.0940. The highest BCUT2D eigenvalue weighted by atomic mass is 127. The summed E-state index contributed by atoms with van der Waals surface area (Å²) in [7, 11) is 0. The predicted octanol–water partition coefficient (Wildman–Crippen LogP) is 5.08. The van der Waals surface area contributed by atoms with Crippen molar-refractivity contribution in [2.45, 2.75) is 39.2 Å². The Morgan fingerprint density at radius 1 is 1.09 bits per heavy atom. The molecule has 3 heteroatoms. The van der Waals surface area contributed by atoms with Gasteiger partial charge in [0.2, 0.25) is 0 Å². The summed E-state index contributed by atoms with van der Waals surface area (Å²) in [6, 6.07) is 16.1. The fraction of sp³-hybridized carbons (Fsp3) is 0.316. The zero-order valence-corrected chi connectivity index (χ0v) is 15.6. The lowest BCUT2D eigenvalue weighted by atomic mass is 9.86. The maximum Gasteiger partial charge on any atom is 0.251 e. The van der Waals surface area contributed by atoms with E-state index >= 15 is 0 Å². The molecule has 0 bridgehead atoms. The second-order valence-electron chi connectivity index (χ2n) is 6.58. The zero-order valence-electron chi connectivity index (χ0n) is 13.5. The first-order valence-corrected chi connectivity index (χ1v) is 8.52. The van der Waals surface area contributed by atoms with Gasteiger partial charge in [0.15, 0.2) is 0 Å². The first-order chi connectivity index (χ1) is 10.3. The van der Waals surface area contributed by atoms with Crippen molar-refractivity contribution in [2.75, 3.05) is 0 Å². The number of rotatable bonds is 3. The molecule has 1 unspecified atom stereocenters. The number of carbonyl (C=O) groups is 1. The van der Waals surface area contributed by atoms with Crippen LogP contribution in [0.4, 0.5) is 0 Å². The van der Waals surface area contributed by atoms with Crippen LogP contribution in [0, 0.1) is 3.57 Å². The third-order valence-electron chi connectivity index (χ3n) is 3.71. The number of hydrogen-bond acceptors (Lipinski definition) is 1. The Kier molecular flexibility index (Phi) is 5.27. The minimum Gasteiger partial charge on any atom is -0.346 e. The number of hydrogen-bond donors (Lipinski definition) is 1. The van der Waals surface area contributed by atoms with Crippen LogP contribution in [0.5, 0.6) is 0 Å². The van der Waals surface area contributed by atoms with E-state index in [1.54, 1.807) is 0 Å². The molecule has 2 nitrogen and oxygen atoms in total. The van der Waals surface area contributed by atoms with E-state index in [4.69, 9.17) is 0 Å². The molecule has 0 radical (unpaired) electrons. The van der Waals surface area contributed by atoms with Crippen LogP contribution in [0.2, 0.25) is 0 Å². The molecule has 0 aliphatic rings. The Hall–Kier alpha value is -1.36. The van der Waals surface area contributed by atoms with Gasteiger partial charge in [-0.3, -0.25) is 4.79 Å². The van der Waals surface area contributed by atoms with Crippen molar-refractivity contribution < 1.29 is 4.79 Å². The quantitative estimate of drug-likeness (QED) is 0.707. The third kappa shape index (κ3) is 4.32. The summed E-state index contributed by atoms with van der Waals surface area (Å²) in [4.78, 5) is 12.3. The fourth-order valence-electron chi connectivity index (χ4n) is 2.26. The molecule has 22 heavy (non-hydrogen) atoms. The molecule has 1 atom stereocenters. The zero-order chi connectivity index (χ0) is 16.3. The highest BCUT2D eigenvalue weighted by molar-refractivity contribution is 14.1. The van der Waals surface area contributed by atoms with Gasteiger partial charge in [-0.2, -0.15) is 0 Å². The van der Waals surface area contributed by atoms with Crippen LogP contribution in [-0.4, -0.2) is 5.91 Å². The van der Waals surface area contributed by atoms with Crippen molar-refractivity contribution in [3.63, 3.8) is 0 Å². The molecular weight excluding hydrogens is 385 g/mol. The summed E-state index contributed by atoms with van der Waals surface area (Å²) in [5.41, 5.74) is 3.26. The number of carbonyl (C=O) groups excluding carboxylic acids is 1. The second kappa shape index (κ2) is 6.82. The maximum atomic E-state index is 12.3. The summed E-state index contributed by atoms with van der Waals surface area (Å²) >= 11 is 2.21. The van der Waals surface area contributed by atoms with Crippen molar-refractivity contribution in [1.82, 2.24) is 5.32 Å². The number of benzene rings is 2. The Labute approximate surface area is 146 Å². The van der Waals surface area contributed by atoms with E-state index in [-0.39, 0.29) is 17.4 Å². The van der Waals surface area contributed by atoms with E-state index in [9.17, 15) is 4.79 Å². The van der Waals surface area contributed by atoms with Crippen LogP contribution in [0.3, 0.4) is 0 Å². The van der Waals surface area contributed by atoms with E-state index in [1.807, 2.05) is 31.2 Å². The molecule has 2 aromatic rings. The number of nitrogens with one attached hydrogen (secondary N) is 1.